The second-order valence-corrected chi connectivity index (χ2v) is 8.87. The smallest absolute Gasteiger partial charge is 0.331 e. The molecule has 2 N–H and O–H groups in total. The lowest BCUT2D eigenvalue weighted by Crippen LogP contribution is -2.63. The lowest BCUT2D eigenvalue weighted by atomic mass is 9.77. The van der Waals surface area contributed by atoms with Gasteiger partial charge >= 0.3 is 5.97 Å². The van der Waals surface area contributed by atoms with Gasteiger partial charge in [-0.05, 0) is 38.7 Å². The quantitative estimate of drug-likeness (QED) is 0.427. The van der Waals surface area contributed by atoms with E-state index >= 15 is 0 Å². The molecule has 0 aliphatic rings. The lowest BCUT2D eigenvalue weighted by Gasteiger charge is -2.40. The Labute approximate surface area is 191 Å². The number of hydrogen-bond donors (Lipinski definition) is 2. The molecule has 0 aromatic heterocycles. The van der Waals surface area contributed by atoms with E-state index in [0.717, 1.165) is 5.56 Å². The average Bonchev–Trinajstić information content (AvgIpc) is 2.75. The van der Waals surface area contributed by atoms with Crippen molar-refractivity contribution in [1.82, 2.24) is 10.2 Å². The normalized spacial score (nSPS) is 14.7. The monoisotopic (exact) mass is 443 g/mol. The van der Waals surface area contributed by atoms with E-state index < -0.39 is 22.8 Å². The van der Waals surface area contributed by atoms with Gasteiger partial charge < -0.3 is 15.3 Å². The molecule has 0 aliphatic carbocycles. The number of carbonyl (C=O) groups is 3. The average molecular weight is 444 g/mol. The van der Waals surface area contributed by atoms with E-state index in [9.17, 15) is 14.4 Å². The number of benzene rings is 1. The Balaban J connectivity index is 3.27. The van der Waals surface area contributed by atoms with Crippen molar-refractivity contribution in [2.75, 3.05) is 20.6 Å². The number of nitrogens with zero attached hydrogens (tertiary/aromatic N) is 2. The van der Waals surface area contributed by atoms with Gasteiger partial charge in [0.05, 0.1) is 0 Å². The van der Waals surface area contributed by atoms with Crippen LogP contribution in [0.4, 0.5) is 0 Å². The number of aliphatic carboxylic acids is 1. The van der Waals surface area contributed by atoms with Crippen LogP contribution in [-0.2, 0) is 19.8 Å². The summed E-state index contributed by atoms with van der Waals surface area (Å²) in [5.41, 5.74) is -0.378. The van der Waals surface area contributed by atoms with Gasteiger partial charge in [0, 0.05) is 31.6 Å². The van der Waals surface area contributed by atoms with E-state index in [0.29, 0.717) is 12.1 Å². The minimum absolute atomic E-state index is 0.130. The van der Waals surface area contributed by atoms with Gasteiger partial charge in [0.1, 0.15) is 11.3 Å². The molecular weight excluding hydrogens is 406 g/mol. The molecule has 0 aliphatic heterocycles. The fourth-order valence-corrected chi connectivity index (χ4v) is 3.80. The molecule has 1 rings (SSSR count). The highest BCUT2D eigenvalue weighted by molar-refractivity contribution is 6.42. The summed E-state index contributed by atoms with van der Waals surface area (Å²) in [7, 11) is 3.19. The Morgan fingerprint density at radius 3 is 2.19 bits per heavy atom. The molecule has 0 fully saturated rings. The largest absolute Gasteiger partial charge is 0.478 e. The Hall–Kier alpha value is -2.96. The van der Waals surface area contributed by atoms with Gasteiger partial charge in [-0.15, -0.1) is 0 Å². The van der Waals surface area contributed by atoms with Crippen molar-refractivity contribution in [2.45, 2.75) is 58.9 Å². The maximum atomic E-state index is 13.5. The van der Waals surface area contributed by atoms with Crippen LogP contribution >= 0.6 is 0 Å². The fraction of sp³-hybridized carbons (Fsp3) is 0.520. The van der Waals surface area contributed by atoms with Crippen LogP contribution in [0, 0.1) is 5.92 Å². The third-order valence-electron chi connectivity index (χ3n) is 6.14. The summed E-state index contributed by atoms with van der Waals surface area (Å²) < 4.78 is 0. The van der Waals surface area contributed by atoms with Crippen molar-refractivity contribution < 1.29 is 19.5 Å². The van der Waals surface area contributed by atoms with Crippen LogP contribution in [0.1, 0.15) is 53.5 Å². The van der Waals surface area contributed by atoms with E-state index in [1.54, 1.807) is 14.1 Å². The first kappa shape index (κ1) is 27.1. The molecule has 1 unspecified atom stereocenters. The number of amides is 2. The topological polar surface area (TPSA) is 99.1 Å². The summed E-state index contributed by atoms with van der Waals surface area (Å²) in [6.45, 7) is 11.1. The third-order valence-corrected chi connectivity index (χ3v) is 6.14. The highest BCUT2D eigenvalue weighted by atomic mass is 16.4. The van der Waals surface area contributed by atoms with Gasteiger partial charge in [-0.2, -0.15) is 0 Å². The number of hydrogen-bond acceptors (Lipinski definition) is 4. The van der Waals surface area contributed by atoms with Gasteiger partial charge in [-0.25, -0.2) is 4.79 Å². The molecule has 0 bridgehead atoms. The summed E-state index contributed by atoms with van der Waals surface area (Å²) >= 11 is 0. The van der Waals surface area contributed by atoms with Crippen LogP contribution in [-0.4, -0.2) is 59.7 Å². The van der Waals surface area contributed by atoms with E-state index in [4.69, 9.17) is 5.11 Å². The summed E-state index contributed by atoms with van der Waals surface area (Å²) in [6, 6.07) is 9.64. The number of rotatable bonds is 10. The summed E-state index contributed by atoms with van der Waals surface area (Å²) in [5, 5.41) is 12.1. The Kier molecular flexibility index (Phi) is 9.36. The zero-order valence-electron chi connectivity index (χ0n) is 20.5. The first-order valence-corrected chi connectivity index (χ1v) is 10.9. The summed E-state index contributed by atoms with van der Waals surface area (Å²) in [4.78, 5) is 43.7. The molecule has 0 radical (unpaired) electrons. The SMILES string of the molecule is CCC(NC(=O)/C(=N\C)C(C)(C)c1ccccc1)(C(=O)N(C)C/C=C(\C)C(=O)O)C(C)C. The van der Waals surface area contributed by atoms with Crippen LogP contribution in [0.15, 0.2) is 47.0 Å². The fourth-order valence-electron chi connectivity index (χ4n) is 3.80. The van der Waals surface area contributed by atoms with Crippen molar-refractivity contribution in [2.24, 2.45) is 10.9 Å². The number of carboxylic acid groups (broad SMARTS) is 1. The van der Waals surface area contributed by atoms with Gasteiger partial charge in [-0.1, -0.05) is 57.2 Å². The van der Waals surface area contributed by atoms with Crippen molar-refractivity contribution >= 4 is 23.5 Å². The highest BCUT2D eigenvalue weighted by Gasteiger charge is 2.45. The first-order valence-electron chi connectivity index (χ1n) is 10.9. The molecule has 7 nitrogen and oxygen atoms in total. The molecule has 2 amide bonds. The lowest BCUT2D eigenvalue weighted by molar-refractivity contribution is -0.141. The van der Waals surface area contributed by atoms with Crippen LogP contribution in [0.2, 0.25) is 0 Å². The zero-order chi connectivity index (χ0) is 24.7. The first-order chi connectivity index (χ1) is 14.8. The number of carbonyl (C=O) groups excluding carboxylic acids is 2. The highest BCUT2D eigenvalue weighted by Crippen LogP contribution is 2.28. The molecule has 1 aromatic rings. The van der Waals surface area contributed by atoms with Gasteiger partial charge in [0.2, 0.25) is 5.91 Å². The Morgan fingerprint density at radius 1 is 1.19 bits per heavy atom. The second kappa shape index (κ2) is 11.1. The van der Waals surface area contributed by atoms with Crippen LogP contribution in [0.5, 0.6) is 0 Å². The summed E-state index contributed by atoms with van der Waals surface area (Å²) in [6.07, 6.45) is 1.87. The molecule has 1 aromatic carbocycles. The Morgan fingerprint density at radius 2 is 1.75 bits per heavy atom. The van der Waals surface area contributed by atoms with Gasteiger partial charge in [-0.3, -0.25) is 14.6 Å². The number of aliphatic imine (C=N–C) groups is 1. The maximum Gasteiger partial charge on any atom is 0.331 e. The molecule has 32 heavy (non-hydrogen) atoms. The molecule has 0 saturated heterocycles. The van der Waals surface area contributed by atoms with Gasteiger partial charge in [0.15, 0.2) is 0 Å². The van der Waals surface area contributed by atoms with Crippen LogP contribution in [0.3, 0.4) is 0 Å². The molecule has 1 atom stereocenters. The maximum absolute atomic E-state index is 13.5. The molecule has 0 spiro atoms. The molecule has 0 heterocycles. The Bertz CT molecular complexity index is 888. The molecular formula is C25H37N3O4. The molecule has 0 saturated carbocycles. The van der Waals surface area contributed by atoms with Crippen molar-refractivity contribution in [3.8, 4) is 0 Å². The molecule has 7 heteroatoms. The van der Waals surface area contributed by atoms with Crippen molar-refractivity contribution in [3.05, 3.63) is 47.5 Å². The summed E-state index contributed by atoms with van der Waals surface area (Å²) in [5.74, 6) is -1.90. The minimum Gasteiger partial charge on any atom is -0.478 e. The standard InChI is InChI=1S/C25H37N3O4/c1-9-25(17(2)3,23(32)28(8)16-15-18(4)22(30)31)27-21(29)20(26-7)24(5,6)19-13-11-10-12-14-19/h10-15,17H,9,16H2,1-8H3,(H,27,29)(H,30,31)/b18-15+,26-20+. The van der Waals surface area contributed by atoms with E-state index in [2.05, 4.69) is 10.3 Å². The van der Waals surface area contributed by atoms with Crippen molar-refractivity contribution in [1.29, 1.82) is 0 Å². The van der Waals surface area contributed by atoms with E-state index in [-0.39, 0.29) is 23.9 Å². The minimum atomic E-state index is -1.15. The van der Waals surface area contributed by atoms with Crippen molar-refractivity contribution in [3.63, 3.8) is 0 Å². The number of likely N-dealkylation sites (N-methyl/N-ethyl adjacent to an activating group) is 1. The second-order valence-electron chi connectivity index (χ2n) is 8.87. The van der Waals surface area contributed by atoms with Gasteiger partial charge in [0.25, 0.3) is 5.91 Å². The molecule has 176 valence electrons. The van der Waals surface area contributed by atoms with Crippen LogP contribution in [0.25, 0.3) is 0 Å². The number of nitrogens with one attached hydrogen (secondary N) is 1. The predicted molar refractivity (Wildman–Crippen MR) is 128 cm³/mol. The zero-order valence-corrected chi connectivity index (χ0v) is 20.5. The number of carboxylic acids is 1. The van der Waals surface area contributed by atoms with Crippen LogP contribution < -0.4 is 5.32 Å². The van der Waals surface area contributed by atoms with E-state index in [1.165, 1.54) is 17.9 Å². The van der Waals surface area contributed by atoms with E-state index in [1.807, 2.05) is 65.0 Å². The third kappa shape index (κ3) is 5.84. The predicted octanol–water partition coefficient (Wildman–Crippen LogP) is 3.45.